The van der Waals surface area contributed by atoms with E-state index in [0.29, 0.717) is 53.9 Å². The minimum absolute atomic E-state index is 0.0416. The zero-order chi connectivity index (χ0) is 22.7. The largest absolute Gasteiger partial charge is 0.356 e. The highest BCUT2D eigenvalue weighted by Gasteiger charge is 2.34. The summed E-state index contributed by atoms with van der Waals surface area (Å²) in [5.41, 5.74) is 1.44. The maximum absolute atomic E-state index is 13.2. The second kappa shape index (κ2) is 9.84. The third-order valence-corrected chi connectivity index (χ3v) is 9.39. The molecule has 2 aromatic rings. The summed E-state index contributed by atoms with van der Waals surface area (Å²) in [6, 6.07) is 1.62. The molecule has 0 aromatic carbocycles. The van der Waals surface area contributed by atoms with Gasteiger partial charge in [0.05, 0.1) is 9.77 Å². The highest BCUT2D eigenvalue weighted by atomic mass is 32.2. The van der Waals surface area contributed by atoms with Crippen molar-refractivity contribution in [1.82, 2.24) is 19.8 Å². The van der Waals surface area contributed by atoms with Gasteiger partial charge in [-0.2, -0.15) is 9.29 Å². The van der Waals surface area contributed by atoms with Gasteiger partial charge in [0, 0.05) is 37.4 Å². The lowest BCUT2D eigenvalue weighted by atomic mass is 9.96. The van der Waals surface area contributed by atoms with Gasteiger partial charge in [-0.3, -0.25) is 4.79 Å². The number of aromatic nitrogens is 2. The number of nitrogens with zero attached hydrogens (tertiary/aromatic N) is 3. The topological polar surface area (TPSA) is 105 Å². The molecular weight excluding hydrogens is 448 g/mol. The number of allylic oxidation sites excluding steroid dienone is 1. The molecule has 0 bridgehead atoms. The van der Waals surface area contributed by atoms with Crippen molar-refractivity contribution in [2.75, 3.05) is 19.6 Å². The molecule has 1 amide bonds. The number of hydrogen-bond acceptors (Lipinski definition) is 7. The molecule has 1 N–H and O–H groups in total. The van der Waals surface area contributed by atoms with Crippen molar-refractivity contribution in [1.29, 1.82) is 0 Å². The summed E-state index contributed by atoms with van der Waals surface area (Å²) < 4.78 is 33.0. The smallest absolute Gasteiger partial charge is 0.244 e. The SMILES string of the molecule is Cc1nc(-c2cc(S(=O)(=O)N3CCC(C(=O)NCCC4=CCCCC4)CC3)c(C)s2)no1. The van der Waals surface area contributed by atoms with Gasteiger partial charge in [0.25, 0.3) is 0 Å². The van der Waals surface area contributed by atoms with Crippen molar-refractivity contribution in [3.8, 4) is 10.7 Å². The molecule has 0 saturated carbocycles. The number of carbonyl (C=O) groups excluding carboxylic acids is 1. The van der Waals surface area contributed by atoms with Gasteiger partial charge in [0.15, 0.2) is 0 Å². The zero-order valence-corrected chi connectivity index (χ0v) is 20.2. The standard InChI is InChI=1S/C22H30N4O4S2/c1-15-20(14-19(31-15)21-24-16(2)30-25-21)32(28,29)26-12-9-18(10-13-26)22(27)23-11-8-17-6-4-3-5-7-17/h6,14,18H,3-5,7-13H2,1-2H3,(H,23,27). The lowest BCUT2D eigenvalue weighted by Crippen LogP contribution is -2.43. The van der Waals surface area contributed by atoms with Crippen LogP contribution in [0.4, 0.5) is 0 Å². The Hall–Kier alpha value is -2.04. The summed E-state index contributed by atoms with van der Waals surface area (Å²) in [6.07, 6.45) is 9.09. The van der Waals surface area contributed by atoms with E-state index in [-0.39, 0.29) is 16.7 Å². The molecule has 32 heavy (non-hydrogen) atoms. The molecule has 0 radical (unpaired) electrons. The predicted molar refractivity (Wildman–Crippen MR) is 123 cm³/mol. The van der Waals surface area contributed by atoms with Crippen molar-refractivity contribution < 1.29 is 17.7 Å². The number of rotatable bonds is 7. The van der Waals surface area contributed by atoms with Crippen LogP contribution in [-0.4, -0.2) is 48.4 Å². The number of aryl methyl sites for hydroxylation is 2. The van der Waals surface area contributed by atoms with E-state index in [4.69, 9.17) is 4.52 Å². The first-order valence-corrected chi connectivity index (χ1v) is 13.5. The van der Waals surface area contributed by atoms with E-state index in [1.807, 2.05) is 0 Å². The quantitative estimate of drug-likeness (QED) is 0.607. The van der Waals surface area contributed by atoms with E-state index >= 15 is 0 Å². The summed E-state index contributed by atoms with van der Waals surface area (Å²) in [4.78, 5) is 18.4. The van der Waals surface area contributed by atoms with Crippen LogP contribution in [0.25, 0.3) is 10.7 Å². The van der Waals surface area contributed by atoms with Gasteiger partial charge in [-0.1, -0.05) is 16.8 Å². The summed E-state index contributed by atoms with van der Waals surface area (Å²) in [5, 5.41) is 6.94. The molecule has 2 aliphatic rings. The van der Waals surface area contributed by atoms with E-state index in [1.54, 1.807) is 19.9 Å². The molecule has 4 rings (SSSR count). The third-order valence-electron chi connectivity index (χ3n) is 6.19. The fourth-order valence-electron chi connectivity index (χ4n) is 4.35. The highest BCUT2D eigenvalue weighted by molar-refractivity contribution is 7.89. The Morgan fingerprint density at radius 3 is 2.72 bits per heavy atom. The van der Waals surface area contributed by atoms with Gasteiger partial charge in [-0.25, -0.2) is 8.42 Å². The number of hydrogen-bond donors (Lipinski definition) is 1. The molecule has 1 saturated heterocycles. The summed E-state index contributed by atoms with van der Waals surface area (Å²) in [7, 11) is -3.64. The van der Waals surface area contributed by atoms with Gasteiger partial charge in [0.1, 0.15) is 0 Å². The van der Waals surface area contributed by atoms with Gasteiger partial charge < -0.3 is 9.84 Å². The number of piperidine rings is 1. The number of nitrogens with one attached hydrogen (secondary N) is 1. The molecule has 1 fully saturated rings. The first-order chi connectivity index (χ1) is 15.3. The summed E-state index contributed by atoms with van der Waals surface area (Å²) in [5.74, 6) is 0.742. The summed E-state index contributed by atoms with van der Waals surface area (Å²) >= 11 is 1.34. The number of thiophene rings is 1. The Labute approximate surface area is 193 Å². The maximum Gasteiger partial charge on any atom is 0.244 e. The van der Waals surface area contributed by atoms with Gasteiger partial charge in [-0.05, 0) is 57.9 Å². The fourth-order valence-corrected chi connectivity index (χ4v) is 7.31. The van der Waals surface area contributed by atoms with Crippen LogP contribution in [0.1, 0.15) is 55.7 Å². The first-order valence-electron chi connectivity index (χ1n) is 11.2. The van der Waals surface area contributed by atoms with Crippen molar-refractivity contribution in [3.63, 3.8) is 0 Å². The zero-order valence-electron chi connectivity index (χ0n) is 18.6. The van der Waals surface area contributed by atoms with E-state index in [0.717, 1.165) is 19.3 Å². The average molecular weight is 479 g/mol. The van der Waals surface area contributed by atoms with E-state index in [1.165, 1.54) is 34.1 Å². The normalized spacial score (nSPS) is 18.5. The lowest BCUT2D eigenvalue weighted by molar-refractivity contribution is -0.126. The molecular formula is C22H30N4O4S2. The summed E-state index contributed by atoms with van der Waals surface area (Å²) in [6.45, 7) is 4.84. The predicted octanol–water partition coefficient (Wildman–Crippen LogP) is 3.82. The van der Waals surface area contributed by atoms with E-state index in [9.17, 15) is 13.2 Å². The van der Waals surface area contributed by atoms with Crippen LogP contribution in [0.2, 0.25) is 0 Å². The molecule has 10 heteroatoms. The fraction of sp³-hybridized carbons (Fsp3) is 0.591. The molecule has 1 aliphatic heterocycles. The monoisotopic (exact) mass is 478 g/mol. The second-order valence-corrected chi connectivity index (χ2v) is 11.7. The van der Waals surface area contributed by atoms with Crippen molar-refractivity contribution >= 4 is 27.3 Å². The molecule has 8 nitrogen and oxygen atoms in total. The molecule has 3 heterocycles. The number of sulfonamides is 1. The molecule has 2 aromatic heterocycles. The van der Waals surface area contributed by atoms with Gasteiger partial charge >= 0.3 is 0 Å². The molecule has 0 unspecified atom stereocenters. The highest BCUT2D eigenvalue weighted by Crippen LogP contribution is 2.34. The minimum atomic E-state index is -3.64. The van der Waals surface area contributed by atoms with E-state index < -0.39 is 10.0 Å². The van der Waals surface area contributed by atoms with Crippen molar-refractivity contribution in [3.05, 3.63) is 28.5 Å². The Morgan fingerprint density at radius 2 is 2.06 bits per heavy atom. The maximum atomic E-state index is 13.2. The van der Waals surface area contributed by atoms with Crippen molar-refractivity contribution in [2.24, 2.45) is 5.92 Å². The Morgan fingerprint density at radius 1 is 1.28 bits per heavy atom. The number of amides is 1. The average Bonchev–Trinajstić information content (AvgIpc) is 3.40. The van der Waals surface area contributed by atoms with Crippen molar-refractivity contribution in [2.45, 2.75) is 63.7 Å². The van der Waals surface area contributed by atoms with Crippen LogP contribution < -0.4 is 5.32 Å². The molecule has 0 atom stereocenters. The van der Waals surface area contributed by atoms with Crippen LogP contribution in [-0.2, 0) is 14.8 Å². The van der Waals surface area contributed by atoms with E-state index in [2.05, 4.69) is 21.5 Å². The van der Waals surface area contributed by atoms with Crippen LogP contribution >= 0.6 is 11.3 Å². The lowest BCUT2D eigenvalue weighted by Gasteiger charge is -2.30. The third kappa shape index (κ3) is 5.13. The minimum Gasteiger partial charge on any atom is -0.356 e. The Balaban J connectivity index is 1.32. The second-order valence-electron chi connectivity index (χ2n) is 8.50. The first kappa shape index (κ1) is 23.1. The Kier molecular flexibility index (Phi) is 7.11. The van der Waals surface area contributed by atoms with Gasteiger partial charge in [0.2, 0.25) is 27.6 Å². The number of carbonyl (C=O) groups is 1. The molecule has 174 valence electrons. The van der Waals surface area contributed by atoms with Gasteiger partial charge in [-0.15, -0.1) is 11.3 Å². The Bertz CT molecular complexity index is 1100. The van der Waals surface area contributed by atoms with Crippen LogP contribution in [0.3, 0.4) is 0 Å². The molecule has 0 spiro atoms. The molecule has 1 aliphatic carbocycles. The van der Waals surface area contributed by atoms with Crippen LogP contribution in [0, 0.1) is 19.8 Å². The van der Waals surface area contributed by atoms with Crippen LogP contribution in [0.5, 0.6) is 0 Å². The van der Waals surface area contributed by atoms with Crippen LogP contribution in [0.15, 0.2) is 27.1 Å².